The third kappa shape index (κ3) is 10.8. The van der Waals surface area contributed by atoms with Gasteiger partial charge >= 0.3 is 6.18 Å². The lowest BCUT2D eigenvalue weighted by Crippen LogP contribution is -2.21. The highest BCUT2D eigenvalue weighted by Crippen LogP contribution is 2.21. The molecule has 110 valence electrons. The lowest BCUT2D eigenvalue weighted by Gasteiger charge is -2.20. The molecule has 0 heterocycles. The maximum atomic E-state index is 11.9. The van der Waals surface area contributed by atoms with Crippen molar-refractivity contribution in [3.8, 4) is 0 Å². The number of nitrogens with one attached hydrogen (secondary N) is 1. The van der Waals surface area contributed by atoms with Crippen molar-refractivity contribution in [2.45, 2.75) is 52.1 Å². The predicted octanol–water partition coefficient (Wildman–Crippen LogP) is 3.32. The number of hydrogen-bond acceptors (Lipinski definition) is 2. The minimum atomic E-state index is -4.02. The average molecular weight is 268 g/mol. The van der Waals surface area contributed by atoms with E-state index >= 15 is 0 Å². The Balaban J connectivity index is 3.43. The molecule has 0 saturated carbocycles. The van der Waals surface area contributed by atoms with Gasteiger partial charge in [-0.25, -0.2) is 0 Å². The summed E-state index contributed by atoms with van der Waals surface area (Å²) in [5.41, 5.74) is 5.56. The van der Waals surface area contributed by atoms with Gasteiger partial charge in [-0.3, -0.25) is 0 Å². The van der Waals surface area contributed by atoms with E-state index in [4.69, 9.17) is 5.73 Å². The number of alkyl halides is 3. The second-order valence-electron chi connectivity index (χ2n) is 5.19. The molecule has 0 rings (SSSR count). The fourth-order valence-electron chi connectivity index (χ4n) is 2.05. The second kappa shape index (κ2) is 9.62. The average Bonchev–Trinajstić information content (AvgIpc) is 2.24. The Hall–Kier alpha value is -0.290. The van der Waals surface area contributed by atoms with Crippen molar-refractivity contribution >= 4 is 0 Å². The molecule has 0 aromatic carbocycles. The Morgan fingerprint density at radius 3 is 2.17 bits per heavy atom. The van der Waals surface area contributed by atoms with Crippen molar-refractivity contribution in [3.63, 3.8) is 0 Å². The molecular formula is C13H27F3N2. The second-order valence-corrected chi connectivity index (χ2v) is 5.19. The van der Waals surface area contributed by atoms with E-state index in [-0.39, 0.29) is 6.42 Å². The van der Waals surface area contributed by atoms with E-state index in [1.807, 2.05) is 0 Å². The van der Waals surface area contributed by atoms with Crippen molar-refractivity contribution in [2.75, 3.05) is 19.6 Å². The summed E-state index contributed by atoms with van der Waals surface area (Å²) in [4.78, 5) is 0. The molecule has 0 fully saturated rings. The maximum absolute atomic E-state index is 11.9. The van der Waals surface area contributed by atoms with Crippen LogP contribution in [0.25, 0.3) is 0 Å². The van der Waals surface area contributed by atoms with E-state index in [0.29, 0.717) is 24.9 Å². The third-order valence-corrected chi connectivity index (χ3v) is 3.22. The monoisotopic (exact) mass is 268 g/mol. The first-order valence-corrected chi connectivity index (χ1v) is 6.84. The number of nitrogens with two attached hydrogens (primary N) is 1. The van der Waals surface area contributed by atoms with Crippen LogP contribution in [0.4, 0.5) is 13.2 Å². The van der Waals surface area contributed by atoms with Gasteiger partial charge in [0.15, 0.2) is 0 Å². The molecule has 0 spiro atoms. The summed E-state index contributed by atoms with van der Waals surface area (Å²) in [6.45, 7) is 6.34. The third-order valence-electron chi connectivity index (χ3n) is 3.22. The van der Waals surface area contributed by atoms with Crippen molar-refractivity contribution < 1.29 is 13.2 Å². The number of hydrogen-bond donors (Lipinski definition) is 2. The molecule has 0 aliphatic rings. The fraction of sp³-hybridized carbons (Fsp3) is 1.00. The highest BCUT2D eigenvalue weighted by molar-refractivity contribution is 4.65. The van der Waals surface area contributed by atoms with Crippen LogP contribution in [0.15, 0.2) is 0 Å². The van der Waals surface area contributed by atoms with Crippen LogP contribution in [0, 0.1) is 11.8 Å². The van der Waals surface area contributed by atoms with E-state index in [2.05, 4.69) is 19.2 Å². The van der Waals surface area contributed by atoms with E-state index in [1.165, 1.54) is 0 Å². The Labute approximate surface area is 109 Å². The number of halogens is 3. The van der Waals surface area contributed by atoms with E-state index in [9.17, 15) is 13.2 Å². The zero-order chi connectivity index (χ0) is 14.0. The summed E-state index contributed by atoms with van der Waals surface area (Å²) in [6, 6.07) is 0. The summed E-state index contributed by atoms with van der Waals surface area (Å²) >= 11 is 0. The molecule has 0 bridgehead atoms. The number of rotatable bonds is 10. The molecule has 0 saturated heterocycles. The van der Waals surface area contributed by atoms with Crippen molar-refractivity contribution in [1.29, 1.82) is 0 Å². The fourth-order valence-corrected chi connectivity index (χ4v) is 2.05. The first-order valence-electron chi connectivity index (χ1n) is 6.84. The van der Waals surface area contributed by atoms with Gasteiger partial charge in [-0.15, -0.1) is 0 Å². The van der Waals surface area contributed by atoms with Crippen LogP contribution in [0.3, 0.4) is 0 Å². The van der Waals surface area contributed by atoms with Gasteiger partial charge in [-0.05, 0) is 57.2 Å². The quantitative estimate of drug-likeness (QED) is 0.596. The standard InChI is InChI=1S/C13H27F3N2/c1-11(2)12(6-8-17)5-3-9-18-10-4-7-13(14,15)16/h11-12,18H,3-10,17H2,1-2H3. The zero-order valence-electron chi connectivity index (χ0n) is 11.5. The van der Waals surface area contributed by atoms with Crippen molar-refractivity contribution in [3.05, 3.63) is 0 Å². The molecule has 2 nitrogen and oxygen atoms in total. The first kappa shape index (κ1) is 17.7. The molecule has 0 radical (unpaired) electrons. The summed E-state index contributed by atoms with van der Waals surface area (Å²) < 4.78 is 35.6. The van der Waals surface area contributed by atoms with Gasteiger partial charge in [0, 0.05) is 6.42 Å². The lowest BCUT2D eigenvalue weighted by molar-refractivity contribution is -0.135. The molecule has 3 N–H and O–H groups in total. The zero-order valence-corrected chi connectivity index (χ0v) is 11.5. The van der Waals surface area contributed by atoms with Gasteiger partial charge in [0.1, 0.15) is 0 Å². The van der Waals surface area contributed by atoms with Crippen LogP contribution in [-0.2, 0) is 0 Å². The normalized spacial score (nSPS) is 14.2. The highest BCUT2D eigenvalue weighted by atomic mass is 19.4. The van der Waals surface area contributed by atoms with Gasteiger partial charge < -0.3 is 11.1 Å². The molecular weight excluding hydrogens is 241 g/mol. The molecule has 18 heavy (non-hydrogen) atoms. The highest BCUT2D eigenvalue weighted by Gasteiger charge is 2.25. The molecule has 1 unspecified atom stereocenters. The van der Waals surface area contributed by atoms with Gasteiger partial charge in [0.25, 0.3) is 0 Å². The van der Waals surface area contributed by atoms with Crippen molar-refractivity contribution in [1.82, 2.24) is 5.32 Å². The molecule has 0 aromatic heterocycles. The van der Waals surface area contributed by atoms with E-state index < -0.39 is 12.6 Å². The molecule has 1 atom stereocenters. The van der Waals surface area contributed by atoms with Crippen LogP contribution >= 0.6 is 0 Å². The molecule has 0 aromatic rings. The van der Waals surface area contributed by atoms with Gasteiger partial charge in [-0.2, -0.15) is 13.2 Å². The SMILES string of the molecule is CC(C)C(CCN)CCCNCCCC(F)(F)F. The Kier molecular flexibility index (Phi) is 9.46. The maximum Gasteiger partial charge on any atom is 0.389 e. The largest absolute Gasteiger partial charge is 0.389 e. The van der Waals surface area contributed by atoms with Crippen LogP contribution in [0.1, 0.15) is 46.0 Å². The van der Waals surface area contributed by atoms with Gasteiger partial charge in [0.2, 0.25) is 0 Å². The summed E-state index contributed by atoms with van der Waals surface area (Å²) in [6.07, 6.45) is -1.41. The van der Waals surface area contributed by atoms with Gasteiger partial charge in [-0.1, -0.05) is 13.8 Å². The summed E-state index contributed by atoms with van der Waals surface area (Å²) in [5, 5.41) is 3.06. The predicted molar refractivity (Wildman–Crippen MR) is 69.4 cm³/mol. The van der Waals surface area contributed by atoms with Crippen LogP contribution in [0.5, 0.6) is 0 Å². The first-order chi connectivity index (χ1) is 8.37. The Bertz CT molecular complexity index is 193. The Morgan fingerprint density at radius 2 is 1.67 bits per heavy atom. The van der Waals surface area contributed by atoms with E-state index in [1.54, 1.807) is 0 Å². The minimum absolute atomic E-state index is 0.167. The lowest BCUT2D eigenvalue weighted by atomic mass is 9.88. The molecule has 5 heteroatoms. The summed E-state index contributed by atoms with van der Waals surface area (Å²) in [7, 11) is 0. The molecule has 0 amide bonds. The van der Waals surface area contributed by atoms with Crippen LogP contribution in [-0.4, -0.2) is 25.8 Å². The summed E-state index contributed by atoms with van der Waals surface area (Å²) in [5.74, 6) is 1.26. The minimum Gasteiger partial charge on any atom is -0.330 e. The smallest absolute Gasteiger partial charge is 0.330 e. The molecule has 0 aliphatic carbocycles. The van der Waals surface area contributed by atoms with Gasteiger partial charge in [0.05, 0.1) is 0 Å². The Morgan fingerprint density at radius 1 is 1.06 bits per heavy atom. The van der Waals surface area contributed by atoms with E-state index in [0.717, 1.165) is 25.8 Å². The van der Waals surface area contributed by atoms with Crippen molar-refractivity contribution in [2.24, 2.45) is 17.6 Å². The topological polar surface area (TPSA) is 38.0 Å². The van der Waals surface area contributed by atoms with Crippen LogP contribution < -0.4 is 11.1 Å². The molecule has 0 aliphatic heterocycles. The van der Waals surface area contributed by atoms with Crippen LogP contribution in [0.2, 0.25) is 0 Å².